The van der Waals surface area contributed by atoms with Gasteiger partial charge in [-0.2, -0.15) is 13.2 Å². The molecular weight excluding hydrogens is 604 g/mol. The molecular formula is C27H31Cl2F3N4O4S. The van der Waals surface area contributed by atoms with Crippen LogP contribution in [-0.2, 0) is 21.0 Å². The van der Waals surface area contributed by atoms with Gasteiger partial charge in [-0.15, -0.1) is 0 Å². The van der Waals surface area contributed by atoms with Crippen molar-refractivity contribution < 1.29 is 31.2 Å². The Labute approximate surface area is 247 Å². The highest BCUT2D eigenvalue weighted by Crippen LogP contribution is 2.39. The molecule has 14 heteroatoms. The minimum atomic E-state index is -4.78. The third kappa shape index (κ3) is 7.58. The van der Waals surface area contributed by atoms with Gasteiger partial charge in [-0.1, -0.05) is 30.1 Å². The standard InChI is InChI=1S/C27H31Cl2F3N4O4S/c1-2-23(25(37)35-13-3-4-17(16-35)15-33-26(38)34-20-8-9-20)36(41(39,40)21-10-6-19(28)7-11-21)24-14-18(27(30,31)32)5-12-22(24)29/h5-7,10-12,14,17,20,23H,2-4,8-9,13,15-16H2,1H3,(H2,33,34,38)/t17-,23+/m1/s1. The minimum Gasteiger partial charge on any atom is -0.341 e. The predicted molar refractivity (Wildman–Crippen MR) is 151 cm³/mol. The molecule has 2 N–H and O–H groups in total. The summed E-state index contributed by atoms with van der Waals surface area (Å²) in [5.74, 6) is -0.640. The van der Waals surface area contributed by atoms with Gasteiger partial charge in [-0.25, -0.2) is 13.2 Å². The van der Waals surface area contributed by atoms with Gasteiger partial charge in [0.05, 0.1) is 21.2 Å². The number of benzene rings is 2. The van der Waals surface area contributed by atoms with Crippen molar-refractivity contribution in [1.82, 2.24) is 15.5 Å². The maximum atomic E-state index is 14.0. The Balaban J connectivity index is 1.66. The number of hydrogen-bond donors (Lipinski definition) is 2. The van der Waals surface area contributed by atoms with E-state index in [1.54, 1.807) is 6.92 Å². The van der Waals surface area contributed by atoms with Crippen LogP contribution >= 0.6 is 23.2 Å². The Hall–Kier alpha value is -2.70. The normalized spacial score (nSPS) is 18.5. The number of piperidine rings is 1. The van der Waals surface area contributed by atoms with Gasteiger partial charge in [0.25, 0.3) is 10.0 Å². The van der Waals surface area contributed by atoms with Crippen molar-refractivity contribution in [2.24, 2.45) is 5.92 Å². The van der Waals surface area contributed by atoms with Crippen LogP contribution in [0.25, 0.3) is 0 Å². The molecule has 2 aromatic rings. The van der Waals surface area contributed by atoms with Gasteiger partial charge < -0.3 is 15.5 Å². The summed E-state index contributed by atoms with van der Waals surface area (Å²) in [5, 5.41) is 5.66. The summed E-state index contributed by atoms with van der Waals surface area (Å²) in [6, 6.07) is 6.02. The molecule has 0 aromatic heterocycles. The summed E-state index contributed by atoms with van der Waals surface area (Å²) in [6.45, 7) is 2.50. The van der Waals surface area contributed by atoms with Gasteiger partial charge in [0.15, 0.2) is 0 Å². The molecule has 2 aliphatic rings. The molecule has 1 saturated heterocycles. The Morgan fingerprint density at radius 3 is 2.39 bits per heavy atom. The molecule has 4 rings (SSSR count). The molecule has 224 valence electrons. The van der Waals surface area contributed by atoms with Crippen LogP contribution in [0.15, 0.2) is 47.4 Å². The summed E-state index contributed by atoms with van der Waals surface area (Å²) in [4.78, 5) is 27.3. The van der Waals surface area contributed by atoms with Crippen LogP contribution in [0.4, 0.5) is 23.7 Å². The van der Waals surface area contributed by atoms with Crippen molar-refractivity contribution in [3.63, 3.8) is 0 Å². The van der Waals surface area contributed by atoms with E-state index in [9.17, 15) is 31.2 Å². The number of rotatable bonds is 9. The van der Waals surface area contributed by atoms with Gasteiger partial charge in [0, 0.05) is 30.7 Å². The topological polar surface area (TPSA) is 98.8 Å². The Kier molecular flexibility index (Phi) is 9.65. The lowest BCUT2D eigenvalue weighted by atomic mass is 9.97. The fourth-order valence-corrected chi connectivity index (χ4v) is 6.90. The second-order valence-corrected chi connectivity index (χ2v) is 12.9. The number of alkyl halides is 3. The second-order valence-electron chi connectivity index (χ2n) is 10.3. The monoisotopic (exact) mass is 634 g/mol. The molecule has 0 radical (unpaired) electrons. The van der Waals surface area contributed by atoms with E-state index < -0.39 is 39.4 Å². The van der Waals surface area contributed by atoms with Gasteiger partial charge in [0.1, 0.15) is 6.04 Å². The number of halogens is 5. The van der Waals surface area contributed by atoms with Crippen molar-refractivity contribution in [2.75, 3.05) is 23.9 Å². The van der Waals surface area contributed by atoms with E-state index in [-0.39, 0.29) is 45.9 Å². The van der Waals surface area contributed by atoms with Crippen LogP contribution in [0, 0.1) is 5.92 Å². The Bertz CT molecular complexity index is 1370. The first-order chi connectivity index (χ1) is 19.3. The first-order valence-corrected chi connectivity index (χ1v) is 15.5. The lowest BCUT2D eigenvalue weighted by Gasteiger charge is -2.39. The summed E-state index contributed by atoms with van der Waals surface area (Å²) < 4.78 is 69.7. The SMILES string of the molecule is CC[C@@H](C(=O)N1CCC[C@H](CNC(=O)NC2CC2)C1)N(c1cc(C(F)(F)F)ccc1Cl)S(=O)(=O)c1ccc(Cl)cc1. The van der Waals surface area contributed by atoms with E-state index in [0.717, 1.165) is 31.4 Å². The van der Waals surface area contributed by atoms with Crippen LogP contribution in [0.3, 0.4) is 0 Å². The highest BCUT2D eigenvalue weighted by atomic mass is 35.5. The highest BCUT2D eigenvalue weighted by molar-refractivity contribution is 7.93. The smallest absolute Gasteiger partial charge is 0.341 e. The maximum Gasteiger partial charge on any atom is 0.416 e. The average molecular weight is 636 g/mol. The van der Waals surface area contributed by atoms with Gasteiger partial charge in [-0.3, -0.25) is 9.10 Å². The van der Waals surface area contributed by atoms with Crippen molar-refractivity contribution in [1.29, 1.82) is 0 Å². The van der Waals surface area contributed by atoms with Crippen LogP contribution in [-0.4, -0.2) is 57.0 Å². The van der Waals surface area contributed by atoms with Crippen LogP contribution in [0.1, 0.15) is 44.6 Å². The largest absolute Gasteiger partial charge is 0.416 e. The number of anilines is 1. The van der Waals surface area contributed by atoms with Gasteiger partial charge in [-0.05, 0) is 80.5 Å². The van der Waals surface area contributed by atoms with E-state index in [4.69, 9.17) is 23.2 Å². The van der Waals surface area contributed by atoms with Gasteiger partial charge >= 0.3 is 12.2 Å². The Morgan fingerprint density at radius 2 is 1.78 bits per heavy atom. The first kappa shape index (κ1) is 31.2. The van der Waals surface area contributed by atoms with E-state index in [1.807, 2.05) is 0 Å². The summed E-state index contributed by atoms with van der Waals surface area (Å²) in [6.07, 6.45) is -1.56. The van der Waals surface area contributed by atoms with E-state index in [2.05, 4.69) is 10.6 Å². The lowest BCUT2D eigenvalue weighted by molar-refractivity contribution is -0.137. The molecule has 8 nitrogen and oxygen atoms in total. The fourth-order valence-electron chi connectivity index (χ4n) is 4.83. The number of nitrogens with one attached hydrogen (secondary N) is 2. The third-order valence-corrected chi connectivity index (χ3v) is 9.54. The van der Waals surface area contributed by atoms with Crippen LogP contribution < -0.4 is 14.9 Å². The molecule has 0 spiro atoms. The lowest BCUT2D eigenvalue weighted by Crippen LogP contribution is -2.54. The molecule has 2 aromatic carbocycles. The zero-order valence-corrected chi connectivity index (χ0v) is 24.6. The molecule has 1 aliphatic carbocycles. The number of carbonyl (C=O) groups excluding carboxylic acids is 2. The number of urea groups is 1. The molecule has 0 unspecified atom stereocenters. The predicted octanol–water partition coefficient (Wildman–Crippen LogP) is 5.69. The summed E-state index contributed by atoms with van der Waals surface area (Å²) in [5.41, 5.74) is -1.56. The highest BCUT2D eigenvalue weighted by Gasteiger charge is 2.41. The van der Waals surface area contributed by atoms with Crippen molar-refractivity contribution >= 4 is 50.9 Å². The van der Waals surface area contributed by atoms with E-state index in [0.29, 0.717) is 29.9 Å². The molecule has 2 fully saturated rings. The number of sulfonamides is 1. The summed E-state index contributed by atoms with van der Waals surface area (Å²) in [7, 11) is -4.58. The molecule has 2 atom stereocenters. The first-order valence-electron chi connectivity index (χ1n) is 13.3. The number of nitrogens with zero attached hydrogens (tertiary/aromatic N) is 2. The van der Waals surface area contributed by atoms with Crippen molar-refractivity contribution in [2.45, 2.75) is 62.2 Å². The number of hydrogen-bond acceptors (Lipinski definition) is 4. The zero-order chi connectivity index (χ0) is 29.9. The molecule has 3 amide bonds. The molecule has 1 heterocycles. The van der Waals surface area contributed by atoms with E-state index >= 15 is 0 Å². The van der Waals surface area contributed by atoms with Crippen molar-refractivity contribution in [3.8, 4) is 0 Å². The molecule has 1 aliphatic heterocycles. The molecule has 41 heavy (non-hydrogen) atoms. The average Bonchev–Trinajstić information content (AvgIpc) is 3.74. The molecule has 0 bridgehead atoms. The third-order valence-electron chi connectivity index (χ3n) is 7.13. The second kappa shape index (κ2) is 12.7. The van der Waals surface area contributed by atoms with E-state index in [1.165, 1.54) is 29.2 Å². The number of likely N-dealkylation sites (tertiary alicyclic amines) is 1. The fraction of sp³-hybridized carbons (Fsp3) is 0.481. The van der Waals surface area contributed by atoms with Crippen molar-refractivity contribution in [3.05, 3.63) is 58.1 Å². The number of carbonyl (C=O) groups is 2. The van der Waals surface area contributed by atoms with Crippen LogP contribution in [0.5, 0.6) is 0 Å². The zero-order valence-electron chi connectivity index (χ0n) is 22.3. The Morgan fingerprint density at radius 1 is 1.10 bits per heavy atom. The quantitative estimate of drug-likeness (QED) is 0.370. The molecule has 1 saturated carbocycles. The van der Waals surface area contributed by atoms with Crippen LogP contribution in [0.2, 0.25) is 10.0 Å². The number of amides is 3. The maximum absolute atomic E-state index is 14.0. The van der Waals surface area contributed by atoms with Gasteiger partial charge in [0.2, 0.25) is 5.91 Å². The summed E-state index contributed by atoms with van der Waals surface area (Å²) >= 11 is 12.3. The minimum absolute atomic E-state index is 0.0402.